The lowest BCUT2D eigenvalue weighted by Gasteiger charge is -2.20. The molecule has 0 saturated heterocycles. The van der Waals surface area contributed by atoms with Crippen LogP contribution >= 0.6 is 11.6 Å². The van der Waals surface area contributed by atoms with Gasteiger partial charge in [-0.25, -0.2) is 9.07 Å². The zero-order valence-electron chi connectivity index (χ0n) is 16.7. The first kappa shape index (κ1) is 20.2. The predicted molar refractivity (Wildman–Crippen MR) is 111 cm³/mol. The van der Waals surface area contributed by atoms with E-state index in [1.165, 1.54) is 12.1 Å². The molecule has 30 heavy (non-hydrogen) atoms. The fourth-order valence-electron chi connectivity index (χ4n) is 3.52. The first-order valence-electron chi connectivity index (χ1n) is 9.62. The van der Waals surface area contributed by atoms with Crippen LogP contribution in [-0.2, 0) is 6.42 Å². The van der Waals surface area contributed by atoms with Crippen molar-refractivity contribution in [1.29, 1.82) is 0 Å². The molecule has 2 aromatic carbocycles. The maximum absolute atomic E-state index is 13.2. The second kappa shape index (κ2) is 8.36. The van der Waals surface area contributed by atoms with Crippen molar-refractivity contribution in [3.8, 4) is 17.2 Å². The first-order valence-corrected chi connectivity index (χ1v) is 10.00. The quantitative estimate of drug-likeness (QED) is 0.665. The van der Waals surface area contributed by atoms with Crippen LogP contribution < -0.4 is 14.8 Å². The van der Waals surface area contributed by atoms with E-state index in [0.29, 0.717) is 65.3 Å². The van der Waals surface area contributed by atoms with Crippen LogP contribution in [0.3, 0.4) is 0 Å². The second-order valence-electron chi connectivity index (χ2n) is 7.04. The Morgan fingerprint density at radius 1 is 1.20 bits per heavy atom. The number of carbonyl (C=O) groups is 1. The summed E-state index contributed by atoms with van der Waals surface area (Å²) in [5.74, 6) is 0.664. The molecule has 8 heteroatoms. The summed E-state index contributed by atoms with van der Waals surface area (Å²) in [5, 5.41) is 7.88. The molecule has 3 aromatic rings. The molecule has 6 nitrogen and oxygen atoms in total. The number of hydrogen-bond donors (Lipinski definition) is 1. The fourth-order valence-corrected chi connectivity index (χ4v) is 3.81. The number of aromatic nitrogens is 2. The Bertz CT molecular complexity index is 1100. The third-order valence-corrected chi connectivity index (χ3v) is 5.23. The highest BCUT2D eigenvalue weighted by Gasteiger charge is 2.20. The smallest absolute Gasteiger partial charge is 0.255 e. The van der Waals surface area contributed by atoms with Crippen molar-refractivity contribution in [1.82, 2.24) is 15.1 Å². The van der Waals surface area contributed by atoms with E-state index >= 15 is 0 Å². The molecule has 0 fully saturated rings. The van der Waals surface area contributed by atoms with E-state index in [9.17, 15) is 9.18 Å². The van der Waals surface area contributed by atoms with Crippen molar-refractivity contribution in [3.05, 3.63) is 69.8 Å². The van der Waals surface area contributed by atoms with Gasteiger partial charge in [0.1, 0.15) is 19.0 Å². The highest BCUT2D eigenvalue weighted by atomic mass is 35.5. The number of carbonyl (C=O) groups excluding carboxylic acids is 1. The highest BCUT2D eigenvalue weighted by Crippen LogP contribution is 2.38. The van der Waals surface area contributed by atoms with Crippen LogP contribution in [0.15, 0.2) is 36.4 Å². The minimum atomic E-state index is -0.322. The summed E-state index contributed by atoms with van der Waals surface area (Å²) in [6.45, 7) is 4.99. The molecule has 1 N–H and O–H groups in total. The van der Waals surface area contributed by atoms with Crippen molar-refractivity contribution in [3.63, 3.8) is 0 Å². The maximum atomic E-state index is 13.2. The molecule has 1 aliphatic heterocycles. The molecule has 1 aromatic heterocycles. The minimum Gasteiger partial charge on any atom is -0.486 e. The van der Waals surface area contributed by atoms with Gasteiger partial charge in [0.25, 0.3) is 5.91 Å². The summed E-state index contributed by atoms with van der Waals surface area (Å²) in [6, 6.07) is 9.69. The van der Waals surface area contributed by atoms with E-state index in [1.807, 2.05) is 19.1 Å². The Labute approximate surface area is 178 Å². The Morgan fingerprint density at radius 2 is 1.93 bits per heavy atom. The number of nitrogens with one attached hydrogen (secondary N) is 1. The van der Waals surface area contributed by atoms with Gasteiger partial charge in [0.2, 0.25) is 0 Å². The topological polar surface area (TPSA) is 65.4 Å². The summed E-state index contributed by atoms with van der Waals surface area (Å²) in [5.41, 5.74) is 3.46. The molecule has 0 aliphatic carbocycles. The van der Waals surface area contributed by atoms with Crippen LogP contribution in [0.4, 0.5) is 4.39 Å². The maximum Gasteiger partial charge on any atom is 0.255 e. The largest absolute Gasteiger partial charge is 0.486 e. The van der Waals surface area contributed by atoms with Crippen LogP contribution in [0.25, 0.3) is 5.69 Å². The second-order valence-corrected chi connectivity index (χ2v) is 7.45. The van der Waals surface area contributed by atoms with Crippen LogP contribution in [-0.4, -0.2) is 35.4 Å². The van der Waals surface area contributed by atoms with E-state index in [-0.39, 0.29) is 11.7 Å². The molecular weight excluding hydrogens is 409 g/mol. The third kappa shape index (κ3) is 3.98. The Morgan fingerprint density at radius 3 is 2.70 bits per heavy atom. The molecule has 2 heterocycles. The summed E-state index contributed by atoms with van der Waals surface area (Å²) >= 11 is 6.27. The molecular formula is C22H21ClFN3O3. The molecule has 0 unspecified atom stereocenters. The lowest BCUT2D eigenvalue weighted by atomic mass is 10.1. The van der Waals surface area contributed by atoms with Gasteiger partial charge in [0, 0.05) is 6.54 Å². The Hall–Kier alpha value is -3.06. The molecule has 156 valence electrons. The van der Waals surface area contributed by atoms with E-state index in [4.69, 9.17) is 21.1 Å². The van der Waals surface area contributed by atoms with E-state index in [2.05, 4.69) is 10.4 Å². The van der Waals surface area contributed by atoms with Crippen LogP contribution in [0.2, 0.25) is 5.02 Å². The van der Waals surface area contributed by atoms with Gasteiger partial charge in [0.15, 0.2) is 11.5 Å². The molecule has 0 saturated carbocycles. The SMILES string of the molecule is Cc1nn(-c2ccc(F)cc2)c(C)c1C(=O)NCCc1cc(Cl)c2c(c1)OCCO2. The number of benzene rings is 2. The van der Waals surface area contributed by atoms with E-state index in [0.717, 1.165) is 5.56 Å². The number of aryl methyl sites for hydroxylation is 1. The van der Waals surface area contributed by atoms with E-state index < -0.39 is 0 Å². The highest BCUT2D eigenvalue weighted by molar-refractivity contribution is 6.32. The number of hydrogen-bond acceptors (Lipinski definition) is 4. The lowest BCUT2D eigenvalue weighted by molar-refractivity contribution is 0.0953. The van der Waals surface area contributed by atoms with Gasteiger partial charge < -0.3 is 14.8 Å². The predicted octanol–water partition coefficient (Wildman–Crippen LogP) is 4.03. The standard InChI is InChI=1S/C22H21ClFN3O3/c1-13-20(14(2)27(26-13)17-5-3-16(24)4-6-17)22(28)25-8-7-15-11-18(23)21-19(12-15)29-9-10-30-21/h3-6,11-12H,7-10H2,1-2H3,(H,25,28). The van der Waals surface area contributed by atoms with Crippen molar-refractivity contribution in [2.75, 3.05) is 19.8 Å². The van der Waals surface area contributed by atoms with Crippen molar-refractivity contribution >= 4 is 17.5 Å². The zero-order valence-corrected chi connectivity index (χ0v) is 17.4. The summed E-state index contributed by atoms with van der Waals surface area (Å²) in [4.78, 5) is 12.8. The lowest BCUT2D eigenvalue weighted by Crippen LogP contribution is -2.26. The van der Waals surface area contributed by atoms with Crippen molar-refractivity contribution in [2.45, 2.75) is 20.3 Å². The Kier molecular flexibility index (Phi) is 5.63. The molecule has 1 aliphatic rings. The van der Waals surface area contributed by atoms with E-state index in [1.54, 1.807) is 23.7 Å². The summed E-state index contributed by atoms with van der Waals surface area (Å²) < 4.78 is 26.0. The monoisotopic (exact) mass is 429 g/mol. The summed E-state index contributed by atoms with van der Waals surface area (Å²) in [6.07, 6.45) is 0.590. The van der Waals surface area contributed by atoms with Gasteiger partial charge in [-0.05, 0) is 62.2 Å². The number of nitrogens with zero attached hydrogens (tertiary/aromatic N) is 2. The van der Waals surface area contributed by atoms with Gasteiger partial charge in [-0.15, -0.1) is 0 Å². The number of halogens is 2. The van der Waals surface area contributed by atoms with Gasteiger partial charge in [0.05, 0.1) is 27.7 Å². The van der Waals surface area contributed by atoms with Gasteiger partial charge >= 0.3 is 0 Å². The first-order chi connectivity index (χ1) is 14.4. The van der Waals surface area contributed by atoms with Gasteiger partial charge in [-0.1, -0.05) is 11.6 Å². The normalized spacial score (nSPS) is 12.7. The van der Waals surface area contributed by atoms with Gasteiger partial charge in [-0.3, -0.25) is 4.79 Å². The molecule has 0 spiro atoms. The third-order valence-electron chi connectivity index (χ3n) is 4.95. The number of ether oxygens (including phenoxy) is 2. The molecule has 0 atom stereocenters. The fraction of sp³-hybridized carbons (Fsp3) is 0.273. The van der Waals surface area contributed by atoms with Crippen molar-refractivity contribution in [2.24, 2.45) is 0 Å². The minimum absolute atomic E-state index is 0.206. The number of rotatable bonds is 5. The Balaban J connectivity index is 1.45. The van der Waals surface area contributed by atoms with Crippen molar-refractivity contribution < 1.29 is 18.7 Å². The summed E-state index contributed by atoms with van der Waals surface area (Å²) in [7, 11) is 0. The molecule has 1 amide bonds. The van der Waals surface area contributed by atoms with Crippen LogP contribution in [0.5, 0.6) is 11.5 Å². The average Bonchev–Trinajstić information content (AvgIpc) is 3.02. The van der Waals surface area contributed by atoms with Crippen LogP contribution in [0.1, 0.15) is 27.3 Å². The molecule has 0 bridgehead atoms. The molecule has 4 rings (SSSR count). The zero-order chi connectivity index (χ0) is 21.3. The van der Waals surface area contributed by atoms with Crippen LogP contribution in [0, 0.1) is 19.7 Å². The molecule has 0 radical (unpaired) electrons. The average molecular weight is 430 g/mol. The number of amides is 1. The number of fused-ring (bicyclic) bond motifs is 1. The van der Waals surface area contributed by atoms with Gasteiger partial charge in [-0.2, -0.15) is 5.10 Å².